The van der Waals surface area contributed by atoms with Crippen molar-refractivity contribution in [1.29, 1.82) is 0 Å². The van der Waals surface area contributed by atoms with E-state index in [1.807, 2.05) is 37.8 Å². The van der Waals surface area contributed by atoms with Crippen molar-refractivity contribution in [3.63, 3.8) is 0 Å². The molecule has 0 unspecified atom stereocenters. The smallest absolute Gasteiger partial charge is 0.276 e. The molecule has 7 nitrogen and oxygen atoms in total. The van der Waals surface area contributed by atoms with Crippen LogP contribution in [0.4, 0.5) is 0 Å². The molecule has 2 aliphatic rings. The van der Waals surface area contributed by atoms with Crippen molar-refractivity contribution in [3.05, 3.63) is 47.7 Å². The molecular weight excluding hydrogens is 366 g/mol. The van der Waals surface area contributed by atoms with Gasteiger partial charge >= 0.3 is 0 Å². The number of carbonyl (C=O) groups is 1. The standard InChI is InChI=1S/C22H31N5O2/c1-5-29-20-7-6-15(3)26-21(20)22(28)27-13-18-8-17(18)9-19(27)12-25-16(4)24-11-14(2)10-23/h6-7,10-11,17-19,25H,4-5,8-9,12-13,23H2,1-3H3/b14-10-,24-11-/t17-,18+,19+/m1/s1. The number of aryl methyl sites for hydroxylation is 1. The molecule has 1 saturated carbocycles. The number of aromatic nitrogens is 1. The van der Waals surface area contributed by atoms with Crippen LogP contribution in [0.5, 0.6) is 5.75 Å². The van der Waals surface area contributed by atoms with Crippen LogP contribution in [0, 0.1) is 18.8 Å². The van der Waals surface area contributed by atoms with Gasteiger partial charge in [-0.1, -0.05) is 6.58 Å². The van der Waals surface area contributed by atoms with Crippen LogP contribution in [-0.2, 0) is 0 Å². The van der Waals surface area contributed by atoms with Crippen LogP contribution in [0.2, 0.25) is 0 Å². The van der Waals surface area contributed by atoms with E-state index in [2.05, 4.69) is 21.9 Å². The lowest BCUT2D eigenvalue weighted by atomic mass is 10.0. The number of ether oxygens (including phenoxy) is 1. The fourth-order valence-electron chi connectivity index (χ4n) is 3.75. The number of fused-ring (bicyclic) bond motifs is 1. The normalized spacial score (nSPS) is 23.6. The van der Waals surface area contributed by atoms with Gasteiger partial charge in [-0.3, -0.25) is 4.79 Å². The highest BCUT2D eigenvalue weighted by Gasteiger charge is 2.47. The van der Waals surface area contributed by atoms with Gasteiger partial charge in [-0.05, 0) is 69.4 Å². The van der Waals surface area contributed by atoms with E-state index >= 15 is 0 Å². The van der Waals surface area contributed by atoms with Crippen molar-refractivity contribution in [2.24, 2.45) is 22.6 Å². The van der Waals surface area contributed by atoms with Crippen molar-refractivity contribution >= 4 is 12.1 Å². The number of carbonyl (C=O) groups excluding carboxylic acids is 1. The molecule has 0 bridgehead atoms. The number of allylic oxidation sites excluding steroid dienone is 1. The van der Waals surface area contributed by atoms with Gasteiger partial charge in [-0.2, -0.15) is 0 Å². The number of aliphatic imine (C=N–C) groups is 1. The van der Waals surface area contributed by atoms with E-state index in [0.29, 0.717) is 42.3 Å². The topological polar surface area (TPSA) is 92.8 Å². The lowest BCUT2D eigenvalue weighted by Gasteiger charge is -2.35. The monoisotopic (exact) mass is 397 g/mol. The summed E-state index contributed by atoms with van der Waals surface area (Å²) in [6, 6.07) is 3.77. The molecule has 0 spiro atoms. The van der Waals surface area contributed by atoms with Crippen LogP contribution in [-0.4, -0.2) is 47.7 Å². The molecule has 29 heavy (non-hydrogen) atoms. The molecule has 156 valence electrons. The molecule has 1 aliphatic heterocycles. The van der Waals surface area contributed by atoms with E-state index in [4.69, 9.17) is 10.5 Å². The summed E-state index contributed by atoms with van der Waals surface area (Å²) in [5.74, 6) is 2.35. The Morgan fingerprint density at radius 3 is 2.97 bits per heavy atom. The maximum atomic E-state index is 13.4. The summed E-state index contributed by atoms with van der Waals surface area (Å²) in [4.78, 5) is 24.1. The minimum atomic E-state index is -0.0645. The SMILES string of the molecule is C=C(/N=C\C(C)=C/N)NC[C@@H]1C[C@H]2C[C@H]2CN1C(=O)c1nc(C)ccc1OCC. The van der Waals surface area contributed by atoms with Gasteiger partial charge in [-0.25, -0.2) is 9.98 Å². The van der Waals surface area contributed by atoms with Gasteiger partial charge in [0, 0.05) is 31.0 Å². The molecule has 0 aromatic carbocycles. The fraction of sp³-hybridized carbons (Fsp3) is 0.500. The number of nitrogens with one attached hydrogen (secondary N) is 1. The van der Waals surface area contributed by atoms with Crippen LogP contribution in [0.3, 0.4) is 0 Å². The maximum Gasteiger partial charge on any atom is 0.276 e. The Hall–Kier alpha value is -2.83. The first-order valence-electron chi connectivity index (χ1n) is 10.2. The summed E-state index contributed by atoms with van der Waals surface area (Å²) in [5.41, 5.74) is 7.52. The number of hydrogen-bond acceptors (Lipinski definition) is 6. The Labute approximate surface area is 172 Å². The lowest BCUT2D eigenvalue weighted by Crippen LogP contribution is -2.49. The van der Waals surface area contributed by atoms with Gasteiger partial charge in [-0.15, -0.1) is 0 Å². The highest BCUT2D eigenvalue weighted by atomic mass is 16.5. The molecule has 0 radical (unpaired) electrons. The number of hydrogen-bond donors (Lipinski definition) is 2. The zero-order chi connectivity index (χ0) is 21.0. The van der Waals surface area contributed by atoms with Gasteiger partial charge in [0.2, 0.25) is 0 Å². The summed E-state index contributed by atoms with van der Waals surface area (Å²) >= 11 is 0. The number of nitrogens with two attached hydrogens (primary N) is 1. The minimum Gasteiger partial charge on any atom is -0.491 e. The molecule has 2 heterocycles. The Bertz CT molecular complexity index is 832. The first-order chi connectivity index (χ1) is 13.9. The van der Waals surface area contributed by atoms with Crippen molar-refractivity contribution in [2.75, 3.05) is 19.7 Å². The second kappa shape index (κ2) is 9.11. The zero-order valence-electron chi connectivity index (χ0n) is 17.5. The zero-order valence-corrected chi connectivity index (χ0v) is 17.5. The number of piperidine rings is 1. The highest BCUT2D eigenvalue weighted by molar-refractivity contribution is 5.95. The summed E-state index contributed by atoms with van der Waals surface area (Å²) in [7, 11) is 0. The predicted octanol–water partition coefficient (Wildman–Crippen LogP) is 2.63. The van der Waals surface area contributed by atoms with Gasteiger partial charge in [0.05, 0.1) is 6.61 Å². The molecule has 2 fully saturated rings. The first-order valence-corrected chi connectivity index (χ1v) is 10.2. The number of rotatable bonds is 8. The third-order valence-electron chi connectivity index (χ3n) is 5.51. The van der Waals surface area contributed by atoms with Crippen LogP contribution >= 0.6 is 0 Å². The van der Waals surface area contributed by atoms with Crippen molar-refractivity contribution in [1.82, 2.24) is 15.2 Å². The minimum absolute atomic E-state index is 0.0645. The Kier molecular flexibility index (Phi) is 6.56. The van der Waals surface area contributed by atoms with Crippen LogP contribution in [0.1, 0.15) is 42.9 Å². The number of pyridine rings is 1. The summed E-state index contributed by atoms with van der Waals surface area (Å²) < 4.78 is 5.67. The molecule has 1 amide bonds. The third-order valence-corrected chi connectivity index (χ3v) is 5.51. The van der Waals surface area contributed by atoms with Crippen molar-refractivity contribution in [3.8, 4) is 5.75 Å². The van der Waals surface area contributed by atoms with Gasteiger partial charge in [0.15, 0.2) is 11.4 Å². The Morgan fingerprint density at radius 2 is 2.24 bits per heavy atom. The molecule has 1 saturated heterocycles. The number of nitrogens with zero attached hydrogens (tertiary/aromatic N) is 3. The van der Waals surface area contributed by atoms with Crippen LogP contribution in [0.25, 0.3) is 0 Å². The molecule has 3 N–H and O–H groups in total. The second-order valence-electron chi connectivity index (χ2n) is 7.83. The van der Waals surface area contributed by atoms with E-state index in [1.165, 1.54) is 12.6 Å². The lowest BCUT2D eigenvalue weighted by molar-refractivity contribution is 0.0592. The summed E-state index contributed by atoms with van der Waals surface area (Å²) in [6.45, 7) is 11.5. The molecule has 3 rings (SSSR count). The quantitative estimate of drug-likeness (QED) is 0.658. The van der Waals surface area contributed by atoms with E-state index in [-0.39, 0.29) is 11.9 Å². The highest BCUT2D eigenvalue weighted by Crippen LogP contribution is 2.47. The van der Waals surface area contributed by atoms with Gasteiger partial charge in [0.25, 0.3) is 5.91 Å². The van der Waals surface area contributed by atoms with Crippen LogP contribution in [0.15, 0.2) is 41.3 Å². The van der Waals surface area contributed by atoms with Crippen molar-refractivity contribution in [2.45, 2.75) is 39.7 Å². The van der Waals surface area contributed by atoms with Gasteiger partial charge in [0.1, 0.15) is 5.82 Å². The largest absolute Gasteiger partial charge is 0.491 e. The van der Waals surface area contributed by atoms with E-state index in [9.17, 15) is 4.79 Å². The average molecular weight is 398 g/mol. The molecule has 1 aliphatic carbocycles. The predicted molar refractivity (Wildman–Crippen MR) is 115 cm³/mol. The molecule has 3 atom stereocenters. The van der Waals surface area contributed by atoms with E-state index in [1.54, 1.807) is 6.21 Å². The molecule has 1 aromatic rings. The molecule has 7 heteroatoms. The average Bonchev–Trinajstić information content (AvgIpc) is 3.49. The molecule has 1 aromatic heterocycles. The third kappa shape index (κ3) is 5.16. The Morgan fingerprint density at radius 1 is 1.45 bits per heavy atom. The Balaban J connectivity index is 1.73. The summed E-state index contributed by atoms with van der Waals surface area (Å²) in [5, 5.41) is 3.25. The van der Waals surface area contributed by atoms with Crippen molar-refractivity contribution < 1.29 is 9.53 Å². The van der Waals surface area contributed by atoms with E-state index < -0.39 is 0 Å². The molecular formula is C22H31N5O2. The number of likely N-dealkylation sites (tertiary alicyclic amines) is 1. The summed E-state index contributed by atoms with van der Waals surface area (Å²) in [6.07, 6.45) is 5.34. The van der Waals surface area contributed by atoms with Gasteiger partial charge < -0.3 is 20.7 Å². The maximum absolute atomic E-state index is 13.4. The first kappa shape index (κ1) is 20.9. The fourth-order valence-corrected chi connectivity index (χ4v) is 3.75. The number of amides is 1. The van der Waals surface area contributed by atoms with Crippen LogP contribution < -0.4 is 15.8 Å². The van der Waals surface area contributed by atoms with E-state index in [0.717, 1.165) is 24.2 Å². The second-order valence-corrected chi connectivity index (χ2v) is 7.83.